The van der Waals surface area contributed by atoms with Crippen molar-refractivity contribution >= 4 is 11.9 Å². The summed E-state index contributed by atoms with van der Waals surface area (Å²) < 4.78 is 10.5. The second kappa shape index (κ2) is 9.97. The summed E-state index contributed by atoms with van der Waals surface area (Å²) in [5.41, 5.74) is 0.865. The van der Waals surface area contributed by atoms with E-state index in [-0.39, 0.29) is 12.3 Å². The van der Waals surface area contributed by atoms with Crippen molar-refractivity contribution in [3.63, 3.8) is 0 Å². The van der Waals surface area contributed by atoms with E-state index in [0.717, 1.165) is 5.56 Å². The number of carboxylic acids is 1. The first kappa shape index (κ1) is 19.1. The number of amides is 1. The van der Waals surface area contributed by atoms with Crippen molar-refractivity contribution in [1.82, 2.24) is 4.90 Å². The molecule has 0 aliphatic rings. The van der Waals surface area contributed by atoms with Crippen LogP contribution in [-0.2, 0) is 25.5 Å². The second-order valence-corrected chi connectivity index (χ2v) is 5.20. The molecule has 1 amide bonds. The van der Waals surface area contributed by atoms with E-state index in [1.54, 1.807) is 6.92 Å². The number of ether oxygens (including phenoxy) is 2. The van der Waals surface area contributed by atoms with Gasteiger partial charge in [0.25, 0.3) is 5.91 Å². The van der Waals surface area contributed by atoms with E-state index in [1.807, 2.05) is 37.3 Å². The number of carboxylic acid groups (broad SMARTS) is 1. The van der Waals surface area contributed by atoms with Gasteiger partial charge >= 0.3 is 5.97 Å². The van der Waals surface area contributed by atoms with Crippen LogP contribution in [0.25, 0.3) is 0 Å². The molecule has 1 rings (SSSR count). The van der Waals surface area contributed by atoms with Gasteiger partial charge in [0.2, 0.25) is 0 Å². The zero-order chi connectivity index (χ0) is 17.2. The Bertz CT molecular complexity index is 491. The van der Waals surface area contributed by atoms with E-state index in [9.17, 15) is 14.7 Å². The number of aliphatic carboxylic acids is 1. The zero-order valence-corrected chi connectivity index (χ0v) is 13.9. The van der Waals surface area contributed by atoms with Crippen molar-refractivity contribution in [1.29, 1.82) is 0 Å². The molecule has 0 fully saturated rings. The van der Waals surface area contributed by atoms with Gasteiger partial charge in [0.05, 0.1) is 13.2 Å². The molecule has 1 aromatic rings. The van der Waals surface area contributed by atoms with E-state index in [4.69, 9.17) is 9.47 Å². The molecular weight excluding hydrogens is 298 g/mol. The highest BCUT2D eigenvalue weighted by Gasteiger charge is 2.29. The van der Waals surface area contributed by atoms with Gasteiger partial charge in [-0.05, 0) is 19.4 Å². The molecule has 6 heteroatoms. The normalized spacial score (nSPS) is 13.3. The summed E-state index contributed by atoms with van der Waals surface area (Å²) >= 11 is 0. The number of hydrogen-bond donors (Lipinski definition) is 1. The number of carbonyl (C=O) groups excluding carboxylic acids is 1. The van der Waals surface area contributed by atoms with Crippen LogP contribution in [0.3, 0.4) is 0 Å². The lowest BCUT2D eigenvalue weighted by Gasteiger charge is -2.27. The summed E-state index contributed by atoms with van der Waals surface area (Å²) in [5, 5.41) is 9.43. The van der Waals surface area contributed by atoms with Crippen molar-refractivity contribution in [2.24, 2.45) is 0 Å². The van der Waals surface area contributed by atoms with Crippen LogP contribution >= 0.6 is 0 Å². The predicted molar refractivity (Wildman–Crippen MR) is 86.2 cm³/mol. The second-order valence-electron chi connectivity index (χ2n) is 5.20. The third-order valence-electron chi connectivity index (χ3n) is 3.52. The van der Waals surface area contributed by atoms with Crippen molar-refractivity contribution in [2.75, 3.05) is 26.9 Å². The van der Waals surface area contributed by atoms with E-state index in [1.165, 1.54) is 11.9 Å². The van der Waals surface area contributed by atoms with Gasteiger partial charge in [-0.3, -0.25) is 4.79 Å². The molecule has 2 atom stereocenters. The Morgan fingerprint density at radius 3 is 2.43 bits per heavy atom. The minimum absolute atomic E-state index is 0.254. The number of likely N-dealkylation sites (N-methyl/N-ethyl adjacent to an activating group) is 1. The molecule has 1 N–H and O–H groups in total. The molecule has 0 radical (unpaired) electrons. The monoisotopic (exact) mass is 323 g/mol. The van der Waals surface area contributed by atoms with Crippen LogP contribution < -0.4 is 0 Å². The summed E-state index contributed by atoms with van der Waals surface area (Å²) in [6, 6.07) is 8.31. The lowest BCUT2D eigenvalue weighted by atomic mass is 10.0. The van der Waals surface area contributed by atoms with Gasteiger partial charge in [-0.15, -0.1) is 0 Å². The van der Waals surface area contributed by atoms with Crippen LogP contribution in [-0.4, -0.2) is 60.9 Å². The van der Waals surface area contributed by atoms with E-state index >= 15 is 0 Å². The molecule has 1 aromatic carbocycles. The molecule has 0 aliphatic carbocycles. The SMILES string of the molecule is CCOCCOC(C)C(=O)N(C)C(Cc1ccccc1)C(=O)O. The minimum Gasteiger partial charge on any atom is -0.480 e. The smallest absolute Gasteiger partial charge is 0.326 e. The van der Waals surface area contributed by atoms with Crippen molar-refractivity contribution < 1.29 is 24.2 Å². The number of nitrogens with zero attached hydrogens (tertiary/aromatic N) is 1. The van der Waals surface area contributed by atoms with E-state index < -0.39 is 18.1 Å². The average molecular weight is 323 g/mol. The summed E-state index contributed by atoms with van der Waals surface area (Å²) in [6.07, 6.45) is -0.456. The molecule has 0 bridgehead atoms. The fourth-order valence-electron chi connectivity index (χ4n) is 2.17. The first-order valence-electron chi connectivity index (χ1n) is 7.70. The van der Waals surface area contributed by atoms with Gasteiger partial charge in [-0.25, -0.2) is 4.79 Å². The van der Waals surface area contributed by atoms with Crippen LogP contribution in [0, 0.1) is 0 Å². The quantitative estimate of drug-likeness (QED) is 0.662. The summed E-state index contributed by atoms with van der Waals surface area (Å²) in [7, 11) is 1.49. The Balaban J connectivity index is 2.63. The average Bonchev–Trinajstić information content (AvgIpc) is 2.55. The Labute approximate surface area is 137 Å². The third-order valence-corrected chi connectivity index (χ3v) is 3.52. The number of carbonyl (C=O) groups is 2. The first-order chi connectivity index (χ1) is 11.0. The van der Waals surface area contributed by atoms with Gasteiger partial charge in [-0.2, -0.15) is 0 Å². The molecule has 128 valence electrons. The maximum Gasteiger partial charge on any atom is 0.326 e. The van der Waals surface area contributed by atoms with E-state index in [2.05, 4.69) is 0 Å². The lowest BCUT2D eigenvalue weighted by molar-refractivity contribution is -0.154. The molecule has 0 spiro atoms. The van der Waals surface area contributed by atoms with Crippen LogP contribution in [0.15, 0.2) is 30.3 Å². The topological polar surface area (TPSA) is 76.1 Å². The molecule has 0 heterocycles. The number of hydrogen-bond acceptors (Lipinski definition) is 4. The van der Waals surface area contributed by atoms with Crippen LogP contribution in [0.4, 0.5) is 0 Å². The van der Waals surface area contributed by atoms with Crippen LogP contribution in [0.1, 0.15) is 19.4 Å². The summed E-state index contributed by atoms with van der Waals surface area (Å²) in [4.78, 5) is 25.1. The highest BCUT2D eigenvalue weighted by Crippen LogP contribution is 2.10. The first-order valence-corrected chi connectivity index (χ1v) is 7.70. The third kappa shape index (κ3) is 6.38. The standard InChI is InChI=1S/C17H25NO5/c1-4-22-10-11-23-13(2)16(19)18(3)15(17(20)21)12-14-8-6-5-7-9-14/h5-9,13,15H,4,10-12H2,1-3H3,(H,20,21). The minimum atomic E-state index is -1.04. The largest absolute Gasteiger partial charge is 0.480 e. The Morgan fingerprint density at radius 1 is 1.22 bits per heavy atom. The fraction of sp³-hybridized carbons (Fsp3) is 0.529. The highest BCUT2D eigenvalue weighted by molar-refractivity contribution is 5.86. The fourth-order valence-corrected chi connectivity index (χ4v) is 2.17. The van der Waals surface area contributed by atoms with Gasteiger partial charge < -0.3 is 19.5 Å². The Morgan fingerprint density at radius 2 is 1.87 bits per heavy atom. The summed E-state index contributed by atoms with van der Waals surface area (Å²) in [6.45, 7) is 4.79. The zero-order valence-electron chi connectivity index (χ0n) is 13.9. The molecule has 0 aromatic heterocycles. The summed E-state index contributed by atoms with van der Waals surface area (Å²) in [5.74, 6) is -1.39. The number of rotatable bonds is 10. The van der Waals surface area contributed by atoms with Crippen molar-refractivity contribution in [2.45, 2.75) is 32.4 Å². The van der Waals surface area contributed by atoms with Crippen molar-refractivity contribution in [3.8, 4) is 0 Å². The molecular formula is C17H25NO5. The molecule has 6 nitrogen and oxygen atoms in total. The molecule has 0 aliphatic heterocycles. The van der Waals surface area contributed by atoms with Crippen molar-refractivity contribution in [3.05, 3.63) is 35.9 Å². The highest BCUT2D eigenvalue weighted by atomic mass is 16.5. The molecule has 23 heavy (non-hydrogen) atoms. The Kier molecular flexibility index (Phi) is 8.29. The molecule has 0 saturated heterocycles. The lowest BCUT2D eigenvalue weighted by Crippen LogP contribution is -2.48. The van der Waals surface area contributed by atoms with E-state index in [0.29, 0.717) is 19.8 Å². The van der Waals surface area contributed by atoms with Gasteiger partial charge in [0, 0.05) is 20.1 Å². The maximum atomic E-state index is 12.3. The predicted octanol–water partition coefficient (Wildman–Crippen LogP) is 1.58. The van der Waals surface area contributed by atoms with Crippen LogP contribution in [0.5, 0.6) is 0 Å². The molecule has 0 saturated carbocycles. The van der Waals surface area contributed by atoms with Gasteiger partial charge in [-0.1, -0.05) is 30.3 Å². The maximum absolute atomic E-state index is 12.3. The van der Waals surface area contributed by atoms with Crippen LogP contribution in [0.2, 0.25) is 0 Å². The number of benzene rings is 1. The Hall–Kier alpha value is -1.92. The molecule has 2 unspecified atom stereocenters. The van der Waals surface area contributed by atoms with Gasteiger partial charge in [0.15, 0.2) is 0 Å². The van der Waals surface area contributed by atoms with Gasteiger partial charge in [0.1, 0.15) is 12.1 Å².